The molecule has 6 nitrogen and oxygen atoms in total. The number of aromatic nitrogens is 3. The van der Waals surface area contributed by atoms with E-state index in [9.17, 15) is 10.1 Å². The van der Waals surface area contributed by atoms with E-state index in [1.54, 1.807) is 0 Å². The van der Waals surface area contributed by atoms with E-state index in [-0.39, 0.29) is 5.69 Å². The molecule has 0 spiro atoms. The summed E-state index contributed by atoms with van der Waals surface area (Å²) < 4.78 is 0. The van der Waals surface area contributed by atoms with E-state index in [0.29, 0.717) is 11.2 Å². The summed E-state index contributed by atoms with van der Waals surface area (Å²) in [5.74, 6) is 0. The monoisotopic (exact) mass is 163 g/mol. The summed E-state index contributed by atoms with van der Waals surface area (Å²) in [7, 11) is 0. The average Bonchev–Trinajstić information content (AvgIpc) is 2.49. The Kier molecular flexibility index (Phi) is 1.26. The minimum Gasteiger partial charge on any atom is -0.320 e. The summed E-state index contributed by atoms with van der Waals surface area (Å²) in [5, 5.41) is 10.3. The predicted molar refractivity (Wildman–Crippen MR) is 39.4 cm³/mol. The molecule has 6 heteroatoms. The largest absolute Gasteiger partial charge is 0.320 e. The van der Waals surface area contributed by atoms with Crippen LogP contribution in [-0.2, 0) is 0 Å². The molecule has 0 atom stereocenters. The molecule has 2 aromatic rings. The highest BCUT2D eigenvalue weighted by molar-refractivity contribution is 5.71. The van der Waals surface area contributed by atoms with Crippen LogP contribution in [0, 0.1) is 16.4 Å². The lowest BCUT2D eigenvalue weighted by Gasteiger charge is -1.88. The van der Waals surface area contributed by atoms with Crippen LogP contribution >= 0.6 is 0 Å². The van der Waals surface area contributed by atoms with Gasteiger partial charge in [-0.15, -0.1) is 0 Å². The molecule has 0 saturated heterocycles. The molecule has 0 fully saturated rings. The summed E-state index contributed by atoms with van der Waals surface area (Å²) in [6.07, 6.45) is 3.62. The highest BCUT2D eigenvalue weighted by Gasteiger charge is 2.07. The van der Waals surface area contributed by atoms with Gasteiger partial charge in [-0.25, -0.2) is 9.97 Å². The first-order valence-corrected chi connectivity index (χ1v) is 3.13. The third-order valence-corrected chi connectivity index (χ3v) is 1.41. The Balaban J connectivity index is 2.68. The third kappa shape index (κ3) is 0.895. The van der Waals surface area contributed by atoms with Crippen molar-refractivity contribution >= 4 is 16.9 Å². The fourth-order valence-corrected chi connectivity index (χ4v) is 0.865. The van der Waals surface area contributed by atoms with Gasteiger partial charge < -0.3 is 4.98 Å². The summed E-state index contributed by atoms with van der Waals surface area (Å²) in [5.41, 5.74) is 0.882. The van der Waals surface area contributed by atoms with Gasteiger partial charge in [0, 0.05) is 6.07 Å². The van der Waals surface area contributed by atoms with Gasteiger partial charge in [-0.1, -0.05) is 0 Å². The SMILES string of the molecule is O=[N+]([O-])c1cnc2[nH][c]nc2c1. The van der Waals surface area contributed by atoms with Gasteiger partial charge >= 0.3 is 0 Å². The average molecular weight is 163 g/mol. The number of imidazole rings is 1. The van der Waals surface area contributed by atoms with Crippen molar-refractivity contribution in [2.75, 3.05) is 0 Å². The van der Waals surface area contributed by atoms with E-state index in [0.717, 1.165) is 0 Å². The number of nitro groups is 1. The molecule has 0 bridgehead atoms. The Morgan fingerprint density at radius 3 is 3.25 bits per heavy atom. The molecular weight excluding hydrogens is 160 g/mol. The first-order valence-electron chi connectivity index (χ1n) is 3.13. The zero-order chi connectivity index (χ0) is 8.55. The molecule has 0 aliphatic heterocycles. The van der Waals surface area contributed by atoms with Crippen LogP contribution in [0.4, 0.5) is 5.69 Å². The Bertz CT molecular complexity index is 436. The quantitative estimate of drug-likeness (QED) is 0.494. The molecule has 0 aliphatic rings. The van der Waals surface area contributed by atoms with Gasteiger partial charge in [-0.05, 0) is 0 Å². The summed E-state index contributed by atoms with van der Waals surface area (Å²) >= 11 is 0. The van der Waals surface area contributed by atoms with Crippen LogP contribution < -0.4 is 0 Å². The Labute approximate surface area is 66.4 Å². The standard InChI is InChI=1S/C6H3N4O2/c11-10(12)4-1-5-6(7-2-4)9-3-8-5/h1-2H,(H,7,8,9). The van der Waals surface area contributed by atoms with Gasteiger partial charge in [0.25, 0.3) is 5.69 Å². The zero-order valence-electron chi connectivity index (χ0n) is 5.81. The van der Waals surface area contributed by atoms with Crippen molar-refractivity contribution in [3.05, 3.63) is 28.7 Å². The zero-order valence-corrected chi connectivity index (χ0v) is 5.81. The molecule has 2 heterocycles. The van der Waals surface area contributed by atoms with Crippen molar-refractivity contribution in [3.63, 3.8) is 0 Å². The second kappa shape index (κ2) is 2.26. The van der Waals surface area contributed by atoms with Crippen molar-refractivity contribution in [1.82, 2.24) is 15.0 Å². The Hall–Kier alpha value is -1.98. The molecular formula is C6H3N4O2. The van der Waals surface area contributed by atoms with E-state index < -0.39 is 4.92 Å². The molecule has 0 unspecified atom stereocenters. The highest BCUT2D eigenvalue weighted by atomic mass is 16.6. The van der Waals surface area contributed by atoms with Crippen molar-refractivity contribution < 1.29 is 4.92 Å². The summed E-state index contributed by atoms with van der Waals surface area (Å²) in [6, 6.07) is 1.34. The maximum atomic E-state index is 10.3. The maximum Gasteiger partial charge on any atom is 0.289 e. The third-order valence-electron chi connectivity index (χ3n) is 1.41. The van der Waals surface area contributed by atoms with Gasteiger partial charge in [0.1, 0.15) is 11.7 Å². The van der Waals surface area contributed by atoms with Crippen molar-refractivity contribution in [2.24, 2.45) is 0 Å². The molecule has 0 saturated carbocycles. The van der Waals surface area contributed by atoms with Crippen LogP contribution in [0.3, 0.4) is 0 Å². The molecule has 1 N–H and O–H groups in total. The number of nitrogens with zero attached hydrogens (tertiary/aromatic N) is 3. The Morgan fingerprint density at radius 1 is 1.67 bits per heavy atom. The number of hydrogen-bond acceptors (Lipinski definition) is 4. The van der Waals surface area contributed by atoms with Gasteiger partial charge in [0.05, 0.1) is 4.92 Å². The van der Waals surface area contributed by atoms with Crippen molar-refractivity contribution in [1.29, 1.82) is 0 Å². The van der Waals surface area contributed by atoms with Crippen LogP contribution in [0.1, 0.15) is 0 Å². The smallest absolute Gasteiger partial charge is 0.289 e. The van der Waals surface area contributed by atoms with Crippen LogP contribution in [0.5, 0.6) is 0 Å². The first-order chi connectivity index (χ1) is 5.77. The van der Waals surface area contributed by atoms with Gasteiger partial charge in [0.15, 0.2) is 12.0 Å². The lowest BCUT2D eigenvalue weighted by molar-refractivity contribution is -0.385. The molecule has 0 amide bonds. The number of aromatic amines is 1. The fourth-order valence-electron chi connectivity index (χ4n) is 0.865. The lowest BCUT2D eigenvalue weighted by atomic mass is 10.4. The van der Waals surface area contributed by atoms with Gasteiger partial charge in [-0.3, -0.25) is 10.1 Å². The minimum atomic E-state index is -0.513. The van der Waals surface area contributed by atoms with E-state index >= 15 is 0 Å². The number of H-pyrrole nitrogens is 1. The summed E-state index contributed by atoms with van der Waals surface area (Å²) in [4.78, 5) is 19.9. The van der Waals surface area contributed by atoms with Crippen LogP contribution in [-0.4, -0.2) is 19.9 Å². The highest BCUT2D eigenvalue weighted by Crippen LogP contribution is 2.13. The van der Waals surface area contributed by atoms with Crippen LogP contribution in [0.2, 0.25) is 0 Å². The second-order valence-corrected chi connectivity index (χ2v) is 2.17. The minimum absolute atomic E-state index is 0.0667. The molecule has 1 radical (unpaired) electrons. The van der Waals surface area contributed by atoms with Crippen molar-refractivity contribution in [2.45, 2.75) is 0 Å². The number of fused-ring (bicyclic) bond motifs is 1. The van der Waals surface area contributed by atoms with Gasteiger partial charge in [-0.2, -0.15) is 0 Å². The second-order valence-electron chi connectivity index (χ2n) is 2.17. The molecule has 12 heavy (non-hydrogen) atoms. The number of hydrogen-bond donors (Lipinski definition) is 1. The van der Waals surface area contributed by atoms with E-state index in [1.165, 1.54) is 12.3 Å². The topological polar surface area (TPSA) is 84.7 Å². The molecule has 0 aromatic carbocycles. The van der Waals surface area contributed by atoms with Crippen molar-refractivity contribution in [3.8, 4) is 0 Å². The molecule has 59 valence electrons. The lowest BCUT2D eigenvalue weighted by Crippen LogP contribution is -1.88. The summed E-state index contributed by atoms with van der Waals surface area (Å²) in [6.45, 7) is 0. The Morgan fingerprint density at radius 2 is 2.50 bits per heavy atom. The van der Waals surface area contributed by atoms with Gasteiger partial charge in [0.2, 0.25) is 0 Å². The predicted octanol–water partition coefficient (Wildman–Crippen LogP) is 0.666. The molecule has 2 rings (SSSR count). The van der Waals surface area contributed by atoms with Crippen LogP contribution in [0.25, 0.3) is 11.2 Å². The maximum absolute atomic E-state index is 10.3. The molecule has 0 aliphatic carbocycles. The molecule has 2 aromatic heterocycles. The fraction of sp³-hybridized carbons (Fsp3) is 0. The number of rotatable bonds is 1. The normalized spacial score (nSPS) is 10.3. The van der Waals surface area contributed by atoms with Crippen LogP contribution in [0.15, 0.2) is 12.3 Å². The van der Waals surface area contributed by atoms with E-state index in [1.807, 2.05) is 0 Å². The van der Waals surface area contributed by atoms with E-state index in [2.05, 4.69) is 21.3 Å². The van der Waals surface area contributed by atoms with E-state index in [4.69, 9.17) is 0 Å². The first kappa shape index (κ1) is 6.71. The number of nitrogens with one attached hydrogen (secondary N) is 1. The number of pyridine rings is 1.